The molecule has 0 atom stereocenters. The molecule has 244 valence electrons. The van der Waals surface area contributed by atoms with Crippen molar-refractivity contribution in [1.82, 2.24) is 0 Å². The van der Waals surface area contributed by atoms with Crippen LogP contribution >= 0.6 is 6.83 Å². The molecular formula is C33H59O7PS. The van der Waals surface area contributed by atoms with Crippen molar-refractivity contribution in [3.05, 3.63) is 29.3 Å². The van der Waals surface area contributed by atoms with Crippen molar-refractivity contribution < 1.29 is 31.5 Å². The molecule has 1 aromatic carbocycles. The van der Waals surface area contributed by atoms with E-state index in [1.807, 2.05) is 0 Å². The van der Waals surface area contributed by atoms with Crippen molar-refractivity contribution in [2.24, 2.45) is 0 Å². The maximum absolute atomic E-state index is 14.2. The Labute approximate surface area is 257 Å². The van der Waals surface area contributed by atoms with Crippen LogP contribution in [0.5, 0.6) is 0 Å². The minimum atomic E-state index is -4.31. The first kappa shape index (κ1) is 38.5. The van der Waals surface area contributed by atoms with Gasteiger partial charge in [0.25, 0.3) is 0 Å². The quantitative estimate of drug-likeness (QED) is 0.0638. The van der Waals surface area contributed by atoms with Crippen LogP contribution in [0.15, 0.2) is 23.1 Å². The van der Waals surface area contributed by atoms with E-state index < -0.39 is 28.9 Å². The minimum absolute atomic E-state index is 0.0301. The molecule has 0 heterocycles. The molecule has 9 heteroatoms. The van der Waals surface area contributed by atoms with Gasteiger partial charge in [-0.25, -0.2) is 0 Å². The van der Waals surface area contributed by atoms with Gasteiger partial charge in [0.1, 0.15) is 0 Å². The Kier molecular flexibility index (Phi) is 18.1. The molecular weight excluding hydrogens is 571 g/mol. The topological polar surface area (TPSA) is 96.0 Å². The average molecular weight is 631 g/mol. The van der Waals surface area contributed by atoms with Gasteiger partial charge in [0.2, 0.25) is 0 Å². The van der Waals surface area contributed by atoms with Crippen LogP contribution in [0, 0.1) is 0 Å². The first-order valence-corrected chi connectivity index (χ1v) is 20.6. The molecule has 0 aromatic heterocycles. The molecule has 0 aliphatic carbocycles. The molecule has 1 rings (SSSR count). The predicted octanol–water partition coefficient (Wildman–Crippen LogP) is 9.36. The SMILES string of the molecule is CCCCCCCCCCCP(CCCC)(CCCC)(CCCC)OS(=O)(=O)c1cc(C(=O)OC)cc(C(=O)OC)c1. The number of ether oxygens (including phenoxy) is 2. The summed E-state index contributed by atoms with van der Waals surface area (Å²) in [4.78, 5) is 24.7. The summed E-state index contributed by atoms with van der Waals surface area (Å²) in [6.07, 6.45) is 19.5. The maximum atomic E-state index is 14.2. The number of methoxy groups -OCH3 is 2. The second-order valence-corrected chi connectivity index (χ2v) is 19.4. The van der Waals surface area contributed by atoms with Gasteiger partial charge in [-0.1, -0.05) is 0 Å². The van der Waals surface area contributed by atoms with Gasteiger partial charge in [-0.2, -0.15) is 0 Å². The number of carbonyl (C=O) groups excluding carboxylic acids is 2. The van der Waals surface area contributed by atoms with Crippen LogP contribution in [-0.4, -0.2) is 59.2 Å². The first-order chi connectivity index (χ1) is 20.1. The Morgan fingerprint density at radius 1 is 0.571 bits per heavy atom. The molecule has 42 heavy (non-hydrogen) atoms. The van der Waals surface area contributed by atoms with Crippen LogP contribution in [0.3, 0.4) is 0 Å². The predicted molar refractivity (Wildman–Crippen MR) is 176 cm³/mol. The molecule has 0 amide bonds. The molecule has 0 N–H and O–H groups in total. The molecule has 0 saturated carbocycles. The van der Waals surface area contributed by atoms with Crippen molar-refractivity contribution in [2.45, 2.75) is 129 Å². The average Bonchev–Trinajstić information content (AvgIpc) is 3.00. The normalized spacial score (nSPS) is 13.0. The standard InChI is InChI=1S/C33H59O7PS/c1-7-11-15-16-17-18-19-20-21-25-41(22-12-8-2,23-13-9-3,24-14-10-4)40-42(36,37)31-27-29(32(34)38-5)26-30(28-31)33(35)39-6/h26-28H,7-25H2,1-6H3. The van der Waals surface area contributed by atoms with E-state index >= 15 is 0 Å². The van der Waals surface area contributed by atoms with Crippen LogP contribution in [0.25, 0.3) is 0 Å². The Morgan fingerprint density at radius 2 is 0.929 bits per heavy atom. The molecule has 0 saturated heterocycles. The molecule has 0 fully saturated rings. The molecule has 7 nitrogen and oxygen atoms in total. The second kappa shape index (κ2) is 19.7. The van der Waals surface area contributed by atoms with Crippen molar-refractivity contribution >= 4 is 28.9 Å². The number of benzene rings is 1. The molecule has 0 bridgehead atoms. The van der Waals surface area contributed by atoms with E-state index in [1.165, 1.54) is 70.9 Å². The zero-order valence-electron chi connectivity index (χ0n) is 27.4. The summed E-state index contributed by atoms with van der Waals surface area (Å²) >= 11 is 0. The van der Waals surface area contributed by atoms with Crippen LogP contribution in [0.4, 0.5) is 0 Å². The number of carbonyl (C=O) groups is 2. The van der Waals surface area contributed by atoms with Crippen LogP contribution < -0.4 is 0 Å². The molecule has 0 spiro atoms. The van der Waals surface area contributed by atoms with Crippen molar-refractivity contribution in [2.75, 3.05) is 38.9 Å². The van der Waals surface area contributed by atoms with Crippen LogP contribution in [-0.2, 0) is 23.6 Å². The number of hydrogen-bond donors (Lipinski definition) is 0. The first-order valence-electron chi connectivity index (χ1n) is 16.3. The number of rotatable bonds is 24. The number of hydrogen-bond acceptors (Lipinski definition) is 7. The monoisotopic (exact) mass is 630 g/mol. The summed E-state index contributed by atoms with van der Waals surface area (Å²) in [7, 11) is -1.88. The fourth-order valence-electron chi connectivity index (χ4n) is 5.85. The molecule has 0 unspecified atom stereocenters. The third-order valence-electron chi connectivity index (χ3n) is 8.41. The molecule has 1 aromatic rings. The van der Waals surface area contributed by atoms with Gasteiger partial charge < -0.3 is 0 Å². The summed E-state index contributed by atoms with van der Waals surface area (Å²) in [5.74, 6) is -1.46. The van der Waals surface area contributed by atoms with E-state index in [1.54, 1.807) is 0 Å². The van der Waals surface area contributed by atoms with E-state index in [9.17, 15) is 18.0 Å². The zero-order valence-corrected chi connectivity index (χ0v) is 29.1. The van der Waals surface area contributed by atoms with Crippen LogP contribution in [0.1, 0.15) is 145 Å². The van der Waals surface area contributed by atoms with Gasteiger partial charge in [-0.3, -0.25) is 0 Å². The van der Waals surface area contributed by atoms with Gasteiger partial charge in [-0.15, -0.1) is 0 Å². The Balaban J connectivity index is 3.51. The molecule has 0 aliphatic heterocycles. The van der Waals surface area contributed by atoms with Gasteiger partial charge in [0.05, 0.1) is 0 Å². The van der Waals surface area contributed by atoms with Gasteiger partial charge in [0, 0.05) is 0 Å². The molecule has 0 aliphatic rings. The Morgan fingerprint density at radius 3 is 1.31 bits per heavy atom. The third-order valence-corrected chi connectivity index (χ3v) is 17.5. The van der Waals surface area contributed by atoms with Crippen molar-refractivity contribution in [1.29, 1.82) is 0 Å². The fraction of sp³-hybridized carbons (Fsp3) is 0.758. The van der Waals surface area contributed by atoms with Crippen LogP contribution in [0.2, 0.25) is 0 Å². The molecule has 0 radical (unpaired) electrons. The van der Waals surface area contributed by atoms with Crippen molar-refractivity contribution in [3.8, 4) is 0 Å². The Hall–Kier alpha value is -1.50. The summed E-state index contributed by atoms with van der Waals surface area (Å²) in [5, 5.41) is 0. The third kappa shape index (κ3) is 12.2. The number of esters is 2. The van der Waals surface area contributed by atoms with Gasteiger partial charge in [-0.05, 0) is 0 Å². The van der Waals surface area contributed by atoms with Gasteiger partial charge in [0.15, 0.2) is 0 Å². The number of unbranched alkanes of at least 4 members (excludes halogenated alkanes) is 11. The summed E-state index contributed by atoms with van der Waals surface area (Å²) in [6, 6.07) is 3.82. The van der Waals surface area contributed by atoms with Gasteiger partial charge >= 0.3 is 257 Å². The van der Waals surface area contributed by atoms with Crippen molar-refractivity contribution in [3.63, 3.8) is 0 Å². The van der Waals surface area contributed by atoms with E-state index in [4.69, 9.17) is 13.4 Å². The van der Waals surface area contributed by atoms with E-state index in [0.717, 1.165) is 82.4 Å². The fourth-order valence-corrected chi connectivity index (χ4v) is 15.9. The van der Waals surface area contributed by atoms with E-state index in [0.29, 0.717) is 0 Å². The second-order valence-electron chi connectivity index (χ2n) is 11.9. The Bertz CT molecular complexity index is 996. The van der Waals surface area contributed by atoms with E-state index in [2.05, 4.69) is 27.7 Å². The van der Waals surface area contributed by atoms with E-state index in [-0.39, 0.29) is 16.0 Å². The summed E-state index contributed by atoms with van der Waals surface area (Å²) < 4.78 is 44.9. The summed E-state index contributed by atoms with van der Waals surface area (Å²) in [5.41, 5.74) is -0.0602. The zero-order chi connectivity index (χ0) is 31.5. The summed E-state index contributed by atoms with van der Waals surface area (Å²) in [6.45, 7) is 5.40.